The normalized spacial score (nSPS) is 11.9. The van der Waals surface area contributed by atoms with Gasteiger partial charge in [-0.15, -0.1) is 5.10 Å². The van der Waals surface area contributed by atoms with Crippen LogP contribution in [-0.4, -0.2) is 26.2 Å². The van der Waals surface area contributed by atoms with E-state index in [9.17, 15) is 4.79 Å². The molecule has 1 atom stereocenters. The van der Waals surface area contributed by atoms with Gasteiger partial charge >= 0.3 is 0 Å². The van der Waals surface area contributed by atoms with Crippen molar-refractivity contribution in [2.45, 2.75) is 24.3 Å². The van der Waals surface area contributed by atoms with E-state index in [1.54, 1.807) is 13.0 Å². The van der Waals surface area contributed by atoms with Crippen LogP contribution in [0, 0.1) is 13.8 Å². The number of rotatable bonds is 6. The summed E-state index contributed by atoms with van der Waals surface area (Å²) in [7, 11) is 0. The average molecular weight is 405 g/mol. The molecule has 4 rings (SSSR count). The highest BCUT2D eigenvalue weighted by molar-refractivity contribution is 8.00. The number of nitrogens with one attached hydrogen (secondary N) is 2. The zero-order chi connectivity index (χ0) is 20.2. The first-order valence-corrected chi connectivity index (χ1v) is 9.92. The number of carbonyl (C=O) groups excluding carboxylic acids is 1. The van der Waals surface area contributed by atoms with Gasteiger partial charge in [-0.3, -0.25) is 9.89 Å². The van der Waals surface area contributed by atoms with Crippen molar-refractivity contribution in [1.29, 1.82) is 0 Å². The van der Waals surface area contributed by atoms with Gasteiger partial charge in [0, 0.05) is 11.6 Å². The molecule has 0 radical (unpaired) electrons. The van der Waals surface area contributed by atoms with Crippen LogP contribution in [0.5, 0.6) is 0 Å². The van der Waals surface area contributed by atoms with Gasteiger partial charge in [0.1, 0.15) is 11.0 Å². The lowest BCUT2D eigenvalue weighted by Crippen LogP contribution is -2.19. The van der Waals surface area contributed by atoms with E-state index < -0.39 is 5.25 Å². The van der Waals surface area contributed by atoms with Crippen molar-refractivity contribution >= 4 is 23.5 Å². The van der Waals surface area contributed by atoms with Crippen molar-refractivity contribution in [2.24, 2.45) is 0 Å². The maximum Gasteiger partial charge on any atom is 0.243 e. The number of anilines is 1. The molecule has 2 aromatic heterocycles. The van der Waals surface area contributed by atoms with Gasteiger partial charge in [-0.25, -0.2) is 4.98 Å². The molecule has 0 aliphatic heterocycles. The Balaban J connectivity index is 1.57. The molecule has 0 saturated heterocycles. The lowest BCUT2D eigenvalue weighted by Gasteiger charge is -2.14. The lowest BCUT2D eigenvalue weighted by molar-refractivity contribution is -0.115. The van der Waals surface area contributed by atoms with Crippen molar-refractivity contribution in [3.63, 3.8) is 0 Å². The van der Waals surface area contributed by atoms with Gasteiger partial charge in [0.2, 0.25) is 11.1 Å². The number of hydrogen-bond acceptors (Lipinski definition) is 6. The van der Waals surface area contributed by atoms with Gasteiger partial charge < -0.3 is 9.84 Å². The SMILES string of the molecule is Cc1ccc(-c2nc(SC(C(=O)Nc3cc(C)on3)c3ccccc3)n[nH]2)cc1. The number of thioether (sulfide) groups is 1. The molecule has 8 heteroatoms. The van der Waals surface area contributed by atoms with Crippen LogP contribution in [0.2, 0.25) is 0 Å². The molecule has 0 fully saturated rings. The Morgan fingerprint density at radius 3 is 2.55 bits per heavy atom. The van der Waals surface area contributed by atoms with Crippen LogP contribution in [0.25, 0.3) is 11.4 Å². The van der Waals surface area contributed by atoms with E-state index >= 15 is 0 Å². The van der Waals surface area contributed by atoms with E-state index in [1.165, 1.54) is 17.3 Å². The molecule has 2 N–H and O–H groups in total. The minimum Gasteiger partial charge on any atom is -0.360 e. The standard InChI is InChI=1S/C21H19N5O2S/c1-13-8-10-16(11-9-13)19-23-21(25-24-19)29-18(15-6-4-3-5-7-15)20(27)22-17-12-14(2)28-26-17/h3-12,18H,1-2H3,(H,22,26,27)(H,23,24,25). The van der Waals surface area contributed by atoms with Crippen molar-refractivity contribution in [3.05, 3.63) is 77.6 Å². The third-order valence-corrected chi connectivity index (χ3v) is 5.35. The second kappa shape index (κ2) is 8.32. The van der Waals surface area contributed by atoms with Gasteiger partial charge in [0.15, 0.2) is 11.6 Å². The highest BCUT2D eigenvalue weighted by Crippen LogP contribution is 2.35. The first-order valence-electron chi connectivity index (χ1n) is 9.04. The summed E-state index contributed by atoms with van der Waals surface area (Å²) < 4.78 is 5.03. The first kappa shape index (κ1) is 18.9. The third kappa shape index (κ3) is 4.55. The van der Waals surface area contributed by atoms with E-state index in [4.69, 9.17) is 4.52 Å². The molecule has 146 valence electrons. The van der Waals surface area contributed by atoms with Crippen LogP contribution >= 0.6 is 11.8 Å². The Hall–Kier alpha value is -3.39. The number of aromatic amines is 1. The van der Waals surface area contributed by atoms with Crippen molar-refractivity contribution in [2.75, 3.05) is 5.32 Å². The maximum atomic E-state index is 13.0. The summed E-state index contributed by atoms with van der Waals surface area (Å²) in [5.74, 6) is 1.44. The molecule has 0 saturated carbocycles. The topological polar surface area (TPSA) is 96.7 Å². The molecule has 0 aliphatic rings. The highest BCUT2D eigenvalue weighted by Gasteiger charge is 2.25. The number of amides is 1. The monoisotopic (exact) mass is 405 g/mol. The lowest BCUT2D eigenvalue weighted by atomic mass is 10.1. The summed E-state index contributed by atoms with van der Waals surface area (Å²) in [5.41, 5.74) is 2.96. The molecule has 2 heterocycles. The zero-order valence-corrected chi connectivity index (χ0v) is 16.7. The second-order valence-corrected chi connectivity index (χ2v) is 7.63. The molecule has 0 bridgehead atoms. The van der Waals surface area contributed by atoms with E-state index in [0.29, 0.717) is 22.6 Å². The highest BCUT2D eigenvalue weighted by atomic mass is 32.2. The molecule has 0 aliphatic carbocycles. The summed E-state index contributed by atoms with van der Waals surface area (Å²) in [6, 6.07) is 19.2. The number of H-pyrrole nitrogens is 1. The summed E-state index contributed by atoms with van der Waals surface area (Å²) in [4.78, 5) is 17.5. The summed E-state index contributed by atoms with van der Waals surface area (Å²) in [6.07, 6.45) is 0. The number of carbonyl (C=O) groups is 1. The molecule has 0 spiro atoms. The van der Waals surface area contributed by atoms with E-state index in [0.717, 1.165) is 11.1 Å². The Bertz CT molecular complexity index is 1110. The molecular weight excluding hydrogens is 386 g/mol. The van der Waals surface area contributed by atoms with E-state index in [-0.39, 0.29) is 5.91 Å². The minimum absolute atomic E-state index is 0.226. The maximum absolute atomic E-state index is 13.0. The van der Waals surface area contributed by atoms with Crippen LogP contribution in [-0.2, 0) is 4.79 Å². The number of aromatic nitrogens is 4. The molecule has 29 heavy (non-hydrogen) atoms. The fraction of sp³-hybridized carbons (Fsp3) is 0.143. The zero-order valence-electron chi connectivity index (χ0n) is 15.9. The van der Waals surface area contributed by atoms with Crippen LogP contribution in [0.4, 0.5) is 5.82 Å². The number of nitrogens with zero attached hydrogens (tertiary/aromatic N) is 3. The average Bonchev–Trinajstić information content (AvgIpc) is 3.36. The molecule has 1 amide bonds. The smallest absolute Gasteiger partial charge is 0.243 e. The fourth-order valence-electron chi connectivity index (χ4n) is 2.76. The molecular formula is C21H19N5O2S. The quantitative estimate of drug-likeness (QED) is 0.457. The molecule has 4 aromatic rings. The van der Waals surface area contributed by atoms with Gasteiger partial charge in [0.05, 0.1) is 0 Å². The Labute approximate surface area is 171 Å². The fourth-order valence-corrected chi connectivity index (χ4v) is 3.68. The predicted octanol–water partition coefficient (Wildman–Crippen LogP) is 4.55. The minimum atomic E-state index is -0.546. The van der Waals surface area contributed by atoms with E-state index in [1.807, 2.05) is 61.5 Å². The van der Waals surface area contributed by atoms with Gasteiger partial charge in [-0.05, 0) is 19.4 Å². The predicted molar refractivity (Wildman–Crippen MR) is 111 cm³/mol. The Kier molecular flexibility index (Phi) is 5.44. The van der Waals surface area contributed by atoms with Gasteiger partial charge in [-0.1, -0.05) is 77.1 Å². The van der Waals surface area contributed by atoms with Crippen molar-refractivity contribution in [3.8, 4) is 11.4 Å². The van der Waals surface area contributed by atoms with Crippen LogP contribution in [0.15, 0.2) is 70.3 Å². The van der Waals surface area contributed by atoms with Crippen LogP contribution in [0.1, 0.15) is 22.1 Å². The van der Waals surface area contributed by atoms with Crippen molar-refractivity contribution < 1.29 is 9.32 Å². The molecule has 2 aromatic carbocycles. The van der Waals surface area contributed by atoms with Crippen molar-refractivity contribution in [1.82, 2.24) is 20.3 Å². The molecule has 1 unspecified atom stereocenters. The first-order chi connectivity index (χ1) is 14.1. The Morgan fingerprint density at radius 1 is 1.10 bits per heavy atom. The summed E-state index contributed by atoms with van der Waals surface area (Å²) >= 11 is 1.27. The number of benzene rings is 2. The van der Waals surface area contributed by atoms with Gasteiger partial charge in [-0.2, -0.15) is 0 Å². The second-order valence-electron chi connectivity index (χ2n) is 6.55. The van der Waals surface area contributed by atoms with E-state index in [2.05, 4.69) is 25.7 Å². The molecule has 7 nitrogen and oxygen atoms in total. The largest absolute Gasteiger partial charge is 0.360 e. The van der Waals surface area contributed by atoms with Crippen LogP contribution in [0.3, 0.4) is 0 Å². The Morgan fingerprint density at radius 2 is 1.86 bits per heavy atom. The number of aryl methyl sites for hydroxylation is 2. The number of hydrogen-bond donors (Lipinski definition) is 2. The third-order valence-electron chi connectivity index (χ3n) is 4.23. The van der Waals surface area contributed by atoms with Gasteiger partial charge in [0.25, 0.3) is 0 Å². The summed E-state index contributed by atoms with van der Waals surface area (Å²) in [5, 5.41) is 13.8. The van der Waals surface area contributed by atoms with Crippen LogP contribution < -0.4 is 5.32 Å². The summed E-state index contributed by atoms with van der Waals surface area (Å²) in [6.45, 7) is 3.80.